The highest BCUT2D eigenvalue weighted by molar-refractivity contribution is 7.10. The Morgan fingerprint density at radius 1 is 0.902 bits per heavy atom. The van der Waals surface area contributed by atoms with Crippen LogP contribution in [0, 0.1) is 0 Å². The van der Waals surface area contributed by atoms with Gasteiger partial charge in [-0.05, 0) is 46.7 Å². The second kappa shape index (κ2) is 14.4. The summed E-state index contributed by atoms with van der Waals surface area (Å²) in [5.41, 5.74) is 4.54. The molecule has 212 valence electrons. The number of para-hydroxylation sites is 1. The molecular weight excluding hydrogens is 532 g/mol. The number of nitrogens with one attached hydrogen (secondary N) is 1. The van der Waals surface area contributed by atoms with Crippen LogP contribution in [0.3, 0.4) is 0 Å². The highest BCUT2D eigenvalue weighted by Gasteiger charge is 2.20. The van der Waals surface area contributed by atoms with Crippen LogP contribution in [0.2, 0.25) is 0 Å². The maximum atomic E-state index is 13.2. The number of hydrogen-bond acceptors (Lipinski definition) is 5. The topological polar surface area (TPSA) is 86.7 Å². The molecule has 1 amide bonds. The molecule has 1 heterocycles. The first-order valence-electron chi connectivity index (χ1n) is 13.9. The largest absolute Gasteiger partial charge is 0.481 e. The molecule has 0 saturated heterocycles. The number of benzene rings is 3. The third-order valence-electron chi connectivity index (χ3n) is 7.03. The van der Waals surface area contributed by atoms with Crippen molar-refractivity contribution >= 4 is 34.7 Å². The van der Waals surface area contributed by atoms with Crippen LogP contribution in [0.5, 0.6) is 0 Å². The number of anilines is 1. The third-order valence-corrected chi connectivity index (χ3v) is 7.95. The Bertz CT molecular complexity index is 1460. The van der Waals surface area contributed by atoms with E-state index < -0.39 is 12.0 Å². The maximum absolute atomic E-state index is 13.2. The van der Waals surface area contributed by atoms with Crippen molar-refractivity contribution in [3.63, 3.8) is 0 Å². The van der Waals surface area contributed by atoms with Crippen LogP contribution in [0.4, 0.5) is 5.69 Å². The lowest BCUT2D eigenvalue weighted by atomic mass is 9.97. The number of carbonyl (C=O) groups is 3. The molecule has 7 heteroatoms. The molecule has 1 aromatic heterocycles. The minimum Gasteiger partial charge on any atom is -0.481 e. The molecule has 3 aromatic carbocycles. The molecule has 0 saturated carbocycles. The number of carboxylic acid groups (broad SMARTS) is 1. The maximum Gasteiger partial charge on any atom is 0.305 e. The van der Waals surface area contributed by atoms with Gasteiger partial charge in [0.2, 0.25) is 5.91 Å². The van der Waals surface area contributed by atoms with E-state index in [1.54, 1.807) is 46.6 Å². The van der Waals surface area contributed by atoms with Gasteiger partial charge >= 0.3 is 5.97 Å². The Kier molecular flexibility index (Phi) is 10.5. The summed E-state index contributed by atoms with van der Waals surface area (Å²) in [7, 11) is 1.85. The molecule has 0 bridgehead atoms. The van der Waals surface area contributed by atoms with Crippen LogP contribution in [-0.4, -0.2) is 34.7 Å². The standard InChI is InChI=1S/C34H36N2O4S/c1-3-4-6-15-32(37)36(2)22-28-20-27(23-41-28)24-16-18-25(19-17-24)31(21-33(38)39)35-30-14-10-9-13-29(30)34(40)26-11-7-5-8-12-26/h5,7-14,16-20,23,31,35H,3-4,6,15,21-22H2,1-2H3,(H,38,39). The van der Waals surface area contributed by atoms with Crippen LogP contribution >= 0.6 is 11.3 Å². The lowest BCUT2D eigenvalue weighted by Crippen LogP contribution is -2.25. The molecule has 4 aromatic rings. The fraction of sp³-hybridized carbons (Fsp3) is 0.265. The SMILES string of the molecule is CCCCCC(=O)N(C)Cc1cc(-c2ccc(C(CC(=O)O)Nc3ccccc3C(=O)c3ccccc3)cc2)cs1. The number of ketones is 1. The quantitative estimate of drug-likeness (QED) is 0.120. The van der Waals surface area contributed by atoms with Gasteiger partial charge in [0, 0.05) is 35.2 Å². The van der Waals surface area contributed by atoms with Crippen molar-refractivity contribution in [3.05, 3.63) is 112 Å². The molecule has 4 rings (SSSR count). The van der Waals surface area contributed by atoms with E-state index in [-0.39, 0.29) is 18.1 Å². The monoisotopic (exact) mass is 568 g/mol. The second-order valence-electron chi connectivity index (χ2n) is 10.2. The number of thiophene rings is 1. The van der Waals surface area contributed by atoms with E-state index in [1.807, 2.05) is 55.6 Å². The lowest BCUT2D eigenvalue weighted by molar-refractivity contribution is -0.137. The Morgan fingerprint density at radius 3 is 2.32 bits per heavy atom. The molecule has 1 unspecified atom stereocenters. The van der Waals surface area contributed by atoms with E-state index in [0.717, 1.165) is 40.8 Å². The summed E-state index contributed by atoms with van der Waals surface area (Å²) in [5.74, 6) is -0.893. The number of carbonyl (C=O) groups excluding carboxylic acids is 2. The zero-order valence-corrected chi connectivity index (χ0v) is 24.3. The second-order valence-corrected chi connectivity index (χ2v) is 11.2. The molecule has 0 aliphatic rings. The van der Waals surface area contributed by atoms with Gasteiger partial charge in [0.1, 0.15) is 0 Å². The summed E-state index contributed by atoms with van der Waals surface area (Å²) in [6, 6.07) is 25.6. The van der Waals surface area contributed by atoms with Crippen LogP contribution in [-0.2, 0) is 16.1 Å². The number of amides is 1. The van der Waals surface area contributed by atoms with E-state index in [0.29, 0.717) is 29.8 Å². The predicted octanol–water partition coefficient (Wildman–Crippen LogP) is 7.81. The van der Waals surface area contributed by atoms with Gasteiger partial charge < -0.3 is 15.3 Å². The summed E-state index contributed by atoms with van der Waals surface area (Å²) >= 11 is 1.63. The van der Waals surface area contributed by atoms with Crippen LogP contribution in [0.25, 0.3) is 11.1 Å². The Balaban J connectivity index is 1.48. The number of rotatable bonds is 14. The van der Waals surface area contributed by atoms with Crippen molar-refractivity contribution < 1.29 is 19.5 Å². The zero-order chi connectivity index (χ0) is 29.2. The Morgan fingerprint density at radius 2 is 1.61 bits per heavy atom. The molecule has 2 N–H and O–H groups in total. The van der Waals surface area contributed by atoms with Crippen LogP contribution < -0.4 is 5.32 Å². The Labute approximate surface area is 245 Å². The van der Waals surface area contributed by atoms with Gasteiger partial charge in [0.05, 0.1) is 19.0 Å². The molecule has 0 fully saturated rings. The van der Waals surface area contributed by atoms with Crippen molar-refractivity contribution in [2.24, 2.45) is 0 Å². The minimum absolute atomic E-state index is 0.125. The summed E-state index contributed by atoms with van der Waals surface area (Å²) in [6.07, 6.45) is 3.53. The van der Waals surface area contributed by atoms with Crippen molar-refractivity contribution in [1.82, 2.24) is 4.90 Å². The average Bonchev–Trinajstić information content (AvgIpc) is 3.45. The van der Waals surface area contributed by atoms with Crippen molar-refractivity contribution in [1.29, 1.82) is 0 Å². The lowest BCUT2D eigenvalue weighted by Gasteiger charge is -2.21. The third kappa shape index (κ3) is 8.14. The Hall–Kier alpha value is -4.23. The van der Waals surface area contributed by atoms with E-state index in [1.165, 1.54) is 0 Å². The smallest absolute Gasteiger partial charge is 0.305 e. The van der Waals surface area contributed by atoms with Gasteiger partial charge in [-0.1, -0.05) is 86.5 Å². The van der Waals surface area contributed by atoms with Gasteiger partial charge in [0.25, 0.3) is 0 Å². The summed E-state index contributed by atoms with van der Waals surface area (Å²) < 4.78 is 0. The van der Waals surface area contributed by atoms with Crippen LogP contribution in [0.15, 0.2) is 90.3 Å². The fourth-order valence-corrected chi connectivity index (χ4v) is 5.67. The number of unbranched alkanes of at least 4 members (excludes halogenated alkanes) is 2. The minimum atomic E-state index is -0.936. The van der Waals surface area contributed by atoms with E-state index >= 15 is 0 Å². The number of hydrogen-bond donors (Lipinski definition) is 2. The van der Waals surface area contributed by atoms with Gasteiger partial charge in [0.15, 0.2) is 5.78 Å². The summed E-state index contributed by atoms with van der Waals surface area (Å²) in [4.78, 5) is 40.3. The molecule has 41 heavy (non-hydrogen) atoms. The van der Waals surface area contributed by atoms with Gasteiger partial charge in [-0.3, -0.25) is 14.4 Å². The number of carboxylic acids is 1. The number of nitrogens with zero attached hydrogens (tertiary/aromatic N) is 1. The van der Waals surface area contributed by atoms with E-state index in [2.05, 4.69) is 23.7 Å². The molecule has 6 nitrogen and oxygen atoms in total. The molecular formula is C34H36N2O4S. The molecule has 0 spiro atoms. The van der Waals surface area contributed by atoms with Crippen molar-refractivity contribution in [3.8, 4) is 11.1 Å². The highest BCUT2D eigenvalue weighted by atomic mass is 32.1. The van der Waals surface area contributed by atoms with Crippen molar-refractivity contribution in [2.75, 3.05) is 12.4 Å². The molecule has 1 atom stereocenters. The normalized spacial score (nSPS) is 11.6. The average molecular weight is 569 g/mol. The fourth-order valence-electron chi connectivity index (χ4n) is 4.73. The first-order valence-corrected chi connectivity index (χ1v) is 14.8. The van der Waals surface area contributed by atoms with Crippen LogP contribution in [0.1, 0.15) is 71.4 Å². The first-order chi connectivity index (χ1) is 19.9. The van der Waals surface area contributed by atoms with Crippen molar-refractivity contribution in [2.45, 2.75) is 51.6 Å². The number of aliphatic carboxylic acids is 1. The first kappa shape index (κ1) is 29.7. The summed E-state index contributed by atoms with van der Waals surface area (Å²) in [5, 5.41) is 15.1. The zero-order valence-electron chi connectivity index (χ0n) is 23.5. The van der Waals surface area contributed by atoms with Gasteiger partial charge in [-0.25, -0.2) is 0 Å². The molecule has 0 radical (unpaired) electrons. The van der Waals surface area contributed by atoms with E-state index in [9.17, 15) is 19.5 Å². The predicted molar refractivity (Wildman–Crippen MR) is 165 cm³/mol. The van der Waals surface area contributed by atoms with E-state index in [4.69, 9.17) is 0 Å². The van der Waals surface area contributed by atoms with Gasteiger partial charge in [-0.2, -0.15) is 0 Å². The molecule has 0 aliphatic carbocycles. The summed E-state index contributed by atoms with van der Waals surface area (Å²) in [6.45, 7) is 2.71. The van der Waals surface area contributed by atoms with Gasteiger partial charge in [-0.15, -0.1) is 11.3 Å². The molecule has 0 aliphatic heterocycles. The highest BCUT2D eigenvalue weighted by Crippen LogP contribution is 2.31.